The Morgan fingerprint density at radius 2 is 2.00 bits per heavy atom. The van der Waals surface area contributed by atoms with Gasteiger partial charge in [0.2, 0.25) is 0 Å². The molecule has 0 radical (unpaired) electrons. The zero-order valence-electron chi connectivity index (χ0n) is 7.01. The van der Waals surface area contributed by atoms with E-state index in [0.717, 1.165) is 12.2 Å². The quantitative estimate of drug-likeness (QED) is 0.619. The summed E-state index contributed by atoms with van der Waals surface area (Å²) in [7, 11) is 2.01. The van der Waals surface area contributed by atoms with Crippen LogP contribution in [-0.4, -0.2) is 24.8 Å². The standard InChI is InChI=1S/C9H11N3/c1-11-8-7-10-12(11)9-5-3-2-4-6-9/h2-7H,8H2,1H3. The van der Waals surface area contributed by atoms with E-state index in [1.54, 1.807) is 0 Å². The predicted octanol–water partition coefficient (Wildman–Crippen LogP) is 1.34. The third-order valence-electron chi connectivity index (χ3n) is 1.85. The lowest BCUT2D eigenvalue weighted by atomic mass is 10.3. The van der Waals surface area contributed by atoms with Gasteiger partial charge in [-0.25, -0.2) is 0 Å². The highest BCUT2D eigenvalue weighted by atomic mass is 15.8. The van der Waals surface area contributed by atoms with Crippen LogP contribution in [0.3, 0.4) is 0 Å². The summed E-state index contributed by atoms with van der Waals surface area (Å²) in [6.45, 7) is 0.884. The van der Waals surface area contributed by atoms with E-state index in [9.17, 15) is 0 Å². The lowest BCUT2D eigenvalue weighted by Crippen LogP contribution is -2.31. The van der Waals surface area contributed by atoms with Crippen molar-refractivity contribution in [2.45, 2.75) is 0 Å². The Morgan fingerprint density at radius 1 is 1.25 bits per heavy atom. The van der Waals surface area contributed by atoms with E-state index >= 15 is 0 Å². The average Bonchev–Trinajstić information content (AvgIpc) is 2.53. The molecule has 0 atom stereocenters. The van der Waals surface area contributed by atoms with E-state index in [2.05, 4.69) is 10.1 Å². The summed E-state index contributed by atoms with van der Waals surface area (Å²) >= 11 is 0. The summed E-state index contributed by atoms with van der Waals surface area (Å²) in [6.07, 6.45) is 1.90. The molecule has 0 spiro atoms. The van der Waals surface area contributed by atoms with Crippen molar-refractivity contribution in [1.82, 2.24) is 5.01 Å². The molecule has 12 heavy (non-hydrogen) atoms. The van der Waals surface area contributed by atoms with Gasteiger partial charge in [-0.1, -0.05) is 18.2 Å². The Hall–Kier alpha value is -1.35. The molecular formula is C9H11N3. The molecule has 1 heterocycles. The monoisotopic (exact) mass is 161 g/mol. The summed E-state index contributed by atoms with van der Waals surface area (Å²) in [6, 6.07) is 10.1. The fourth-order valence-corrected chi connectivity index (χ4v) is 1.22. The number of hydrazone groups is 1. The van der Waals surface area contributed by atoms with Crippen molar-refractivity contribution in [3.63, 3.8) is 0 Å². The van der Waals surface area contributed by atoms with Crippen LogP contribution in [0.25, 0.3) is 0 Å². The largest absolute Gasteiger partial charge is 0.197 e. The van der Waals surface area contributed by atoms with Gasteiger partial charge in [-0.2, -0.15) is 15.2 Å². The molecule has 62 valence electrons. The predicted molar refractivity (Wildman–Crippen MR) is 50.0 cm³/mol. The number of hydrogen-bond donors (Lipinski definition) is 0. The number of rotatable bonds is 1. The molecule has 0 N–H and O–H groups in total. The second-order valence-corrected chi connectivity index (χ2v) is 2.76. The minimum atomic E-state index is 0.884. The molecular weight excluding hydrogens is 150 g/mol. The first-order valence-electron chi connectivity index (χ1n) is 3.96. The summed E-state index contributed by atoms with van der Waals surface area (Å²) in [5, 5.41) is 8.16. The van der Waals surface area contributed by atoms with Gasteiger partial charge in [0.25, 0.3) is 0 Å². The molecule has 1 aliphatic rings. The van der Waals surface area contributed by atoms with Crippen LogP contribution in [0.5, 0.6) is 0 Å². The van der Waals surface area contributed by atoms with Crippen molar-refractivity contribution in [2.75, 3.05) is 18.7 Å². The van der Waals surface area contributed by atoms with Crippen molar-refractivity contribution >= 4 is 11.9 Å². The van der Waals surface area contributed by atoms with Gasteiger partial charge in [0, 0.05) is 13.3 Å². The summed E-state index contributed by atoms with van der Waals surface area (Å²) in [5.74, 6) is 0. The molecule has 1 aromatic carbocycles. The number of para-hydroxylation sites is 1. The fourth-order valence-electron chi connectivity index (χ4n) is 1.22. The van der Waals surface area contributed by atoms with Crippen LogP contribution < -0.4 is 5.12 Å². The maximum absolute atomic E-state index is 4.22. The van der Waals surface area contributed by atoms with E-state index < -0.39 is 0 Å². The highest BCUT2D eigenvalue weighted by molar-refractivity contribution is 5.65. The van der Waals surface area contributed by atoms with Crippen LogP contribution in [0.15, 0.2) is 35.4 Å². The minimum Gasteiger partial charge on any atom is -0.197 e. The van der Waals surface area contributed by atoms with E-state index in [1.807, 2.05) is 48.7 Å². The molecule has 0 aliphatic carbocycles. The van der Waals surface area contributed by atoms with E-state index in [1.165, 1.54) is 0 Å². The first-order valence-corrected chi connectivity index (χ1v) is 3.96. The van der Waals surface area contributed by atoms with E-state index in [4.69, 9.17) is 0 Å². The van der Waals surface area contributed by atoms with Crippen molar-refractivity contribution in [2.24, 2.45) is 5.10 Å². The number of benzene rings is 1. The SMILES string of the molecule is CN1CC=NN1c1ccccc1. The highest BCUT2D eigenvalue weighted by Gasteiger charge is 2.13. The fraction of sp³-hybridized carbons (Fsp3) is 0.222. The second kappa shape index (κ2) is 2.95. The van der Waals surface area contributed by atoms with Crippen LogP contribution in [0.2, 0.25) is 0 Å². The van der Waals surface area contributed by atoms with Crippen LogP contribution in [-0.2, 0) is 0 Å². The lowest BCUT2D eigenvalue weighted by Gasteiger charge is -2.22. The van der Waals surface area contributed by atoms with Gasteiger partial charge in [-0.15, -0.1) is 0 Å². The lowest BCUT2D eigenvalue weighted by molar-refractivity contribution is 0.378. The molecule has 2 rings (SSSR count). The number of nitrogens with zero attached hydrogens (tertiary/aromatic N) is 3. The van der Waals surface area contributed by atoms with Crippen LogP contribution in [0, 0.1) is 0 Å². The van der Waals surface area contributed by atoms with Crippen molar-refractivity contribution in [1.29, 1.82) is 0 Å². The van der Waals surface area contributed by atoms with Crippen molar-refractivity contribution < 1.29 is 0 Å². The van der Waals surface area contributed by atoms with Gasteiger partial charge < -0.3 is 0 Å². The van der Waals surface area contributed by atoms with E-state index in [-0.39, 0.29) is 0 Å². The number of hydrazine groups is 1. The molecule has 0 saturated heterocycles. The van der Waals surface area contributed by atoms with Gasteiger partial charge in [-0.05, 0) is 12.1 Å². The summed E-state index contributed by atoms with van der Waals surface area (Å²) < 4.78 is 0. The molecule has 0 amide bonds. The van der Waals surface area contributed by atoms with Gasteiger partial charge in [0.05, 0.1) is 12.2 Å². The first-order chi connectivity index (χ1) is 5.88. The third-order valence-corrected chi connectivity index (χ3v) is 1.85. The Balaban J connectivity index is 2.25. The van der Waals surface area contributed by atoms with Crippen LogP contribution >= 0.6 is 0 Å². The Kier molecular flexibility index (Phi) is 1.80. The minimum absolute atomic E-state index is 0.884. The maximum atomic E-state index is 4.22. The molecule has 0 aromatic heterocycles. The van der Waals surface area contributed by atoms with Crippen molar-refractivity contribution in [3.05, 3.63) is 30.3 Å². The molecule has 3 heteroatoms. The zero-order valence-corrected chi connectivity index (χ0v) is 7.01. The third kappa shape index (κ3) is 1.19. The smallest absolute Gasteiger partial charge is 0.0781 e. The van der Waals surface area contributed by atoms with Gasteiger partial charge in [0.1, 0.15) is 0 Å². The zero-order chi connectivity index (χ0) is 8.39. The van der Waals surface area contributed by atoms with Crippen LogP contribution in [0.4, 0.5) is 5.69 Å². The number of anilines is 1. The van der Waals surface area contributed by atoms with Gasteiger partial charge in [-0.3, -0.25) is 0 Å². The Morgan fingerprint density at radius 3 is 2.58 bits per heavy atom. The van der Waals surface area contributed by atoms with Crippen molar-refractivity contribution in [3.8, 4) is 0 Å². The van der Waals surface area contributed by atoms with Gasteiger partial charge in [0.15, 0.2) is 0 Å². The molecule has 0 saturated carbocycles. The molecule has 3 nitrogen and oxygen atoms in total. The highest BCUT2D eigenvalue weighted by Crippen LogP contribution is 2.16. The first kappa shape index (κ1) is 7.31. The Labute approximate surface area is 71.9 Å². The average molecular weight is 161 g/mol. The Bertz CT molecular complexity index is 281. The van der Waals surface area contributed by atoms with Gasteiger partial charge >= 0.3 is 0 Å². The maximum Gasteiger partial charge on any atom is 0.0781 e. The molecule has 0 bridgehead atoms. The normalized spacial score (nSPS) is 17.2. The van der Waals surface area contributed by atoms with E-state index in [0.29, 0.717) is 0 Å². The second-order valence-electron chi connectivity index (χ2n) is 2.76. The molecule has 1 aliphatic heterocycles. The molecule has 0 unspecified atom stereocenters. The molecule has 0 fully saturated rings. The molecule has 1 aromatic rings. The summed E-state index contributed by atoms with van der Waals surface area (Å²) in [4.78, 5) is 0. The topological polar surface area (TPSA) is 18.8 Å². The number of hydrogen-bond acceptors (Lipinski definition) is 3. The van der Waals surface area contributed by atoms with Crippen LogP contribution in [0.1, 0.15) is 0 Å². The summed E-state index contributed by atoms with van der Waals surface area (Å²) in [5.41, 5.74) is 1.11.